The van der Waals surface area contributed by atoms with Crippen molar-refractivity contribution < 1.29 is 23.9 Å². The van der Waals surface area contributed by atoms with Gasteiger partial charge in [0.15, 0.2) is 0 Å². The molecule has 176 valence electrons. The van der Waals surface area contributed by atoms with Gasteiger partial charge in [0.1, 0.15) is 21.8 Å². The van der Waals surface area contributed by atoms with Crippen LogP contribution in [0.5, 0.6) is 0 Å². The Labute approximate surface area is 198 Å². The summed E-state index contributed by atoms with van der Waals surface area (Å²) in [6, 6.07) is 3.61. The minimum absolute atomic E-state index is 0.126. The highest BCUT2D eigenvalue weighted by Crippen LogP contribution is 2.36. The van der Waals surface area contributed by atoms with E-state index >= 15 is 4.39 Å². The van der Waals surface area contributed by atoms with E-state index < -0.39 is 31.6 Å². The Hall–Kier alpha value is -3.02. The van der Waals surface area contributed by atoms with E-state index in [1.807, 2.05) is 0 Å². The topological polar surface area (TPSA) is 143 Å². The maximum absolute atomic E-state index is 15.2. The summed E-state index contributed by atoms with van der Waals surface area (Å²) in [6.07, 6.45) is 4.44. The van der Waals surface area contributed by atoms with Crippen molar-refractivity contribution in [3.8, 4) is 5.69 Å². The molecule has 0 aliphatic carbocycles. The summed E-state index contributed by atoms with van der Waals surface area (Å²) in [5, 5.41) is 12.7. The predicted octanol–water partition coefficient (Wildman–Crippen LogP) is 2.66. The molecule has 1 fully saturated rings. The van der Waals surface area contributed by atoms with Crippen LogP contribution in [0.25, 0.3) is 5.69 Å². The lowest BCUT2D eigenvalue weighted by Crippen LogP contribution is -2.49. The number of aliphatic carboxylic acids is 1. The number of primary amides is 1. The summed E-state index contributed by atoms with van der Waals surface area (Å²) >= 11 is 3.29. The molecular formula is C20H24BrFN6O4Si. The predicted molar refractivity (Wildman–Crippen MR) is 125 cm³/mol. The van der Waals surface area contributed by atoms with Crippen molar-refractivity contribution in [2.75, 3.05) is 18.0 Å². The van der Waals surface area contributed by atoms with Gasteiger partial charge in [0, 0.05) is 25.3 Å². The first-order chi connectivity index (χ1) is 15.5. The lowest BCUT2D eigenvalue weighted by molar-refractivity contribution is -0.137. The van der Waals surface area contributed by atoms with E-state index in [0.717, 1.165) is 0 Å². The van der Waals surface area contributed by atoms with E-state index in [4.69, 9.17) is 5.73 Å². The van der Waals surface area contributed by atoms with Gasteiger partial charge in [-0.2, -0.15) is 0 Å². The van der Waals surface area contributed by atoms with Crippen molar-refractivity contribution in [1.82, 2.24) is 14.9 Å². The number of nitrogens with two attached hydrogens (primary N) is 1. The third kappa shape index (κ3) is 5.32. The average Bonchev–Trinajstić information content (AvgIpc) is 3.07. The highest BCUT2D eigenvalue weighted by molar-refractivity contribution is 9.10. The first kappa shape index (κ1) is 24.6. The van der Waals surface area contributed by atoms with Crippen LogP contribution in [0.15, 0.2) is 33.7 Å². The monoisotopic (exact) mass is 538 g/mol. The van der Waals surface area contributed by atoms with E-state index in [0.29, 0.717) is 36.2 Å². The van der Waals surface area contributed by atoms with Crippen molar-refractivity contribution in [3.63, 3.8) is 0 Å². The van der Waals surface area contributed by atoms with Gasteiger partial charge in [-0.05, 0) is 54.0 Å². The quantitative estimate of drug-likeness (QED) is 0.281. The summed E-state index contributed by atoms with van der Waals surface area (Å²) in [5.41, 5.74) is 4.71. The second-order valence-corrected chi connectivity index (χ2v) is 13.2. The fourth-order valence-electron chi connectivity index (χ4n) is 4.18. The summed E-state index contributed by atoms with van der Waals surface area (Å²) in [4.78, 5) is 40.7. The molecule has 2 aromatic rings. The summed E-state index contributed by atoms with van der Waals surface area (Å²) in [7, 11) is -3.06. The third-order valence-electron chi connectivity index (χ3n) is 5.56. The lowest BCUT2D eigenvalue weighted by atomic mass is 10.0. The Morgan fingerprint density at radius 1 is 1.45 bits per heavy atom. The zero-order valence-corrected chi connectivity index (χ0v) is 20.7. The van der Waals surface area contributed by atoms with E-state index in [1.165, 1.54) is 22.8 Å². The zero-order chi connectivity index (χ0) is 24.3. The normalized spacial score (nSPS) is 17.2. The number of piperidine rings is 1. The Morgan fingerprint density at radius 3 is 2.82 bits per heavy atom. The summed E-state index contributed by atoms with van der Waals surface area (Å²) in [6.45, 7) is 4.12. The smallest absolute Gasteiger partial charge is 0.313 e. The Bertz CT molecular complexity index is 1120. The number of amides is 2. The van der Waals surface area contributed by atoms with Gasteiger partial charge in [0.05, 0.1) is 11.4 Å². The number of hydrogen-bond donors (Lipinski definition) is 3. The number of imidazole rings is 1. The first-order valence-corrected chi connectivity index (χ1v) is 14.0. The molecule has 1 aromatic carbocycles. The molecule has 1 saturated heterocycles. The maximum atomic E-state index is 15.2. The number of urea groups is 1. The highest BCUT2D eigenvalue weighted by Gasteiger charge is 2.43. The fourth-order valence-corrected chi connectivity index (χ4v) is 6.37. The number of hydrogen-bond acceptors (Lipinski definition) is 6. The van der Waals surface area contributed by atoms with Crippen molar-refractivity contribution in [2.24, 2.45) is 10.4 Å². The molecule has 1 aromatic heterocycles. The molecule has 0 radical (unpaired) electrons. The number of carboxylic acid groups (broad SMARTS) is 1. The largest absolute Gasteiger partial charge is 0.481 e. The van der Waals surface area contributed by atoms with Crippen LogP contribution in [0.2, 0.25) is 13.1 Å². The number of nitrogens with one attached hydrogen (secondary N) is 1. The Balaban J connectivity index is 2.14. The molecule has 3 rings (SSSR count). The molecule has 2 heterocycles. The van der Waals surface area contributed by atoms with Gasteiger partial charge >= 0.3 is 12.0 Å². The van der Waals surface area contributed by atoms with Crippen LogP contribution in [-0.4, -0.2) is 60.1 Å². The molecule has 13 heteroatoms. The van der Waals surface area contributed by atoms with E-state index in [9.17, 15) is 19.5 Å². The minimum Gasteiger partial charge on any atom is -0.481 e. The minimum atomic E-state index is -3.06. The molecule has 1 aliphatic heterocycles. The van der Waals surface area contributed by atoms with Gasteiger partial charge in [-0.25, -0.2) is 23.6 Å². The molecule has 33 heavy (non-hydrogen) atoms. The van der Waals surface area contributed by atoms with Crippen molar-refractivity contribution in [1.29, 1.82) is 0 Å². The SMILES string of the molecule is C[Si](C)(N=C=O)C(C(=O)O)c1nc(Br)cn1-c1cccc(F)c1N1CCC[C@@H](NC(N)=O)C1. The van der Waals surface area contributed by atoms with Crippen LogP contribution in [0, 0.1) is 5.82 Å². The molecular weight excluding hydrogens is 515 g/mol. The summed E-state index contributed by atoms with van der Waals surface area (Å²) < 4.78 is 20.9. The number of halogens is 2. The number of nitrogens with zero attached hydrogens (tertiary/aromatic N) is 4. The number of benzene rings is 1. The zero-order valence-electron chi connectivity index (χ0n) is 18.1. The molecule has 2 amide bonds. The molecule has 0 saturated carbocycles. The number of isocyanates is 1. The van der Waals surface area contributed by atoms with Crippen LogP contribution in [-0.2, 0) is 9.59 Å². The van der Waals surface area contributed by atoms with Gasteiger partial charge in [-0.15, -0.1) is 0 Å². The molecule has 0 bridgehead atoms. The second-order valence-electron chi connectivity index (χ2n) is 8.32. The van der Waals surface area contributed by atoms with Crippen LogP contribution in [0.3, 0.4) is 0 Å². The molecule has 2 atom stereocenters. The second kappa shape index (κ2) is 9.85. The van der Waals surface area contributed by atoms with Crippen molar-refractivity contribution in [3.05, 3.63) is 40.6 Å². The number of anilines is 1. The van der Waals surface area contributed by atoms with Crippen LogP contribution in [0.1, 0.15) is 24.2 Å². The summed E-state index contributed by atoms with van der Waals surface area (Å²) in [5.74, 6) is -1.57. The number of carbonyl (C=O) groups excluding carboxylic acids is 2. The van der Waals surface area contributed by atoms with E-state index in [-0.39, 0.29) is 17.6 Å². The van der Waals surface area contributed by atoms with Gasteiger partial charge in [-0.3, -0.25) is 9.36 Å². The van der Waals surface area contributed by atoms with Crippen molar-refractivity contribution >= 4 is 47.9 Å². The molecule has 4 N–H and O–H groups in total. The lowest BCUT2D eigenvalue weighted by Gasteiger charge is -2.36. The maximum Gasteiger partial charge on any atom is 0.313 e. The molecule has 1 unspecified atom stereocenters. The van der Waals surface area contributed by atoms with E-state index in [2.05, 4.69) is 30.9 Å². The number of carboxylic acids is 1. The van der Waals surface area contributed by atoms with Gasteiger partial charge < -0.3 is 21.1 Å². The average molecular weight is 539 g/mol. The number of rotatable bonds is 7. The van der Waals surface area contributed by atoms with Gasteiger partial charge in [0.2, 0.25) is 14.3 Å². The first-order valence-electron chi connectivity index (χ1n) is 10.2. The molecule has 1 aliphatic rings. The van der Waals surface area contributed by atoms with Crippen molar-refractivity contribution in [2.45, 2.75) is 37.5 Å². The van der Waals surface area contributed by atoms with Gasteiger partial charge in [0.25, 0.3) is 0 Å². The Morgan fingerprint density at radius 2 is 2.18 bits per heavy atom. The Kier molecular flexibility index (Phi) is 7.35. The standard InChI is InChI=1S/C20H24BrFN6O4Si/c1-33(2,24-11-29)17(19(30)31)18-26-15(21)10-28(18)14-7-3-6-13(22)16(14)27-8-4-5-12(9-27)25-20(23)32/h3,6-7,10,12,17H,4-5,8-9H2,1-2H3,(H,30,31)(H3,23,25,32)/t12-,17?/m1/s1. The van der Waals surface area contributed by atoms with E-state index in [1.54, 1.807) is 30.3 Å². The third-order valence-corrected chi connectivity index (χ3v) is 8.53. The number of para-hydroxylation sites is 1. The van der Waals surface area contributed by atoms with Crippen LogP contribution in [0.4, 0.5) is 14.9 Å². The van der Waals surface area contributed by atoms with Crippen LogP contribution < -0.4 is 16.0 Å². The fraction of sp³-hybridized carbons (Fsp3) is 0.400. The molecule has 0 spiro atoms. The van der Waals surface area contributed by atoms with Crippen LogP contribution >= 0.6 is 15.9 Å². The van der Waals surface area contributed by atoms with Gasteiger partial charge in [-0.1, -0.05) is 6.07 Å². The molecule has 10 nitrogen and oxygen atoms in total. The number of aromatic nitrogens is 2. The number of carbonyl (C=O) groups is 2. The highest BCUT2D eigenvalue weighted by atomic mass is 79.9.